The zero-order valence-electron chi connectivity index (χ0n) is 11.0. The number of phenols is 1. The number of nitrogens with two attached hydrogens (primary N) is 2. The fourth-order valence-electron chi connectivity index (χ4n) is 1.87. The Hall–Kier alpha value is -2.69. The highest BCUT2D eigenvalue weighted by atomic mass is 16.3. The van der Waals surface area contributed by atoms with Gasteiger partial charge in [-0.05, 0) is 42.3 Å². The van der Waals surface area contributed by atoms with E-state index in [0.29, 0.717) is 23.5 Å². The van der Waals surface area contributed by atoms with E-state index in [0.717, 1.165) is 12.0 Å². The largest absolute Gasteiger partial charge is 0.508 e. The monoisotopic (exact) mass is 271 g/mol. The van der Waals surface area contributed by atoms with Crippen molar-refractivity contribution >= 4 is 17.3 Å². The Morgan fingerprint density at radius 3 is 2.50 bits per heavy atom. The lowest BCUT2D eigenvalue weighted by Crippen LogP contribution is -2.13. The molecule has 2 aromatic carbocycles. The standard InChI is InChI=1S/C15H17N3O2/c16-13-6-3-11(15(17)20)9-14(13)18-8-7-10-1-4-12(19)5-2-10/h1-6,9,18-19H,7-8,16H2,(H2,17,20). The number of carbonyl (C=O) groups excluding carboxylic acids is 1. The second-order valence-corrected chi connectivity index (χ2v) is 4.51. The minimum absolute atomic E-state index is 0.250. The Bertz CT molecular complexity index is 609. The van der Waals surface area contributed by atoms with E-state index in [9.17, 15) is 9.90 Å². The number of aromatic hydroxyl groups is 1. The zero-order valence-corrected chi connectivity index (χ0v) is 11.0. The van der Waals surface area contributed by atoms with E-state index in [2.05, 4.69) is 5.32 Å². The number of phenolic OH excluding ortho intramolecular Hbond substituents is 1. The topological polar surface area (TPSA) is 101 Å². The van der Waals surface area contributed by atoms with Crippen LogP contribution in [0.25, 0.3) is 0 Å². The number of benzene rings is 2. The summed E-state index contributed by atoms with van der Waals surface area (Å²) >= 11 is 0. The van der Waals surface area contributed by atoms with Crippen LogP contribution >= 0.6 is 0 Å². The van der Waals surface area contributed by atoms with Crippen LogP contribution in [0.5, 0.6) is 5.75 Å². The van der Waals surface area contributed by atoms with Crippen molar-refractivity contribution in [2.45, 2.75) is 6.42 Å². The molecule has 0 unspecified atom stereocenters. The highest BCUT2D eigenvalue weighted by molar-refractivity contribution is 5.94. The maximum Gasteiger partial charge on any atom is 0.248 e. The molecule has 0 aromatic heterocycles. The molecule has 0 aliphatic rings. The van der Waals surface area contributed by atoms with Gasteiger partial charge in [-0.3, -0.25) is 4.79 Å². The molecule has 5 nitrogen and oxygen atoms in total. The third-order valence-corrected chi connectivity index (χ3v) is 3.00. The molecule has 5 heteroatoms. The average molecular weight is 271 g/mol. The van der Waals surface area contributed by atoms with E-state index in [1.54, 1.807) is 30.3 Å². The number of primary amides is 1. The maximum atomic E-state index is 11.1. The number of amides is 1. The van der Waals surface area contributed by atoms with E-state index in [1.807, 2.05) is 12.1 Å². The predicted molar refractivity (Wildman–Crippen MR) is 79.7 cm³/mol. The molecule has 0 aliphatic heterocycles. The van der Waals surface area contributed by atoms with E-state index < -0.39 is 5.91 Å². The third kappa shape index (κ3) is 3.41. The Morgan fingerprint density at radius 2 is 1.85 bits per heavy atom. The Labute approximate surface area is 117 Å². The first-order chi connectivity index (χ1) is 9.56. The summed E-state index contributed by atoms with van der Waals surface area (Å²) < 4.78 is 0. The van der Waals surface area contributed by atoms with Gasteiger partial charge in [-0.1, -0.05) is 12.1 Å². The first kappa shape index (κ1) is 13.7. The van der Waals surface area contributed by atoms with Crippen LogP contribution in [0.1, 0.15) is 15.9 Å². The van der Waals surface area contributed by atoms with Gasteiger partial charge in [0.2, 0.25) is 5.91 Å². The molecule has 0 atom stereocenters. The summed E-state index contributed by atoms with van der Waals surface area (Å²) in [5.41, 5.74) is 13.9. The molecule has 2 rings (SSSR count). The normalized spacial score (nSPS) is 10.2. The average Bonchev–Trinajstić information content (AvgIpc) is 2.43. The van der Waals surface area contributed by atoms with E-state index >= 15 is 0 Å². The van der Waals surface area contributed by atoms with Gasteiger partial charge in [-0.2, -0.15) is 0 Å². The predicted octanol–water partition coefficient (Wildman–Crippen LogP) is 1.73. The number of hydrogen-bond acceptors (Lipinski definition) is 4. The summed E-state index contributed by atoms with van der Waals surface area (Å²) in [6, 6.07) is 11.9. The number of nitrogen functional groups attached to an aromatic ring is 1. The van der Waals surface area contributed by atoms with E-state index in [4.69, 9.17) is 11.5 Å². The molecule has 0 heterocycles. The van der Waals surface area contributed by atoms with Gasteiger partial charge in [-0.15, -0.1) is 0 Å². The molecule has 0 radical (unpaired) electrons. The minimum Gasteiger partial charge on any atom is -0.508 e. The minimum atomic E-state index is -0.480. The van der Waals surface area contributed by atoms with Crippen molar-refractivity contribution in [2.24, 2.45) is 5.73 Å². The van der Waals surface area contributed by atoms with Gasteiger partial charge in [0, 0.05) is 12.1 Å². The van der Waals surface area contributed by atoms with Crippen LogP contribution < -0.4 is 16.8 Å². The Balaban J connectivity index is 1.98. The first-order valence-corrected chi connectivity index (χ1v) is 6.27. The van der Waals surface area contributed by atoms with Crippen molar-refractivity contribution in [1.82, 2.24) is 0 Å². The summed E-state index contributed by atoms with van der Waals surface area (Å²) in [7, 11) is 0. The van der Waals surface area contributed by atoms with Gasteiger partial charge in [0.05, 0.1) is 11.4 Å². The van der Waals surface area contributed by atoms with E-state index in [1.165, 1.54) is 0 Å². The van der Waals surface area contributed by atoms with Crippen LogP contribution in [0.3, 0.4) is 0 Å². The number of carbonyl (C=O) groups is 1. The molecule has 0 fully saturated rings. The first-order valence-electron chi connectivity index (χ1n) is 6.27. The molecule has 2 aromatic rings. The third-order valence-electron chi connectivity index (χ3n) is 3.00. The highest BCUT2D eigenvalue weighted by Gasteiger charge is 2.04. The summed E-state index contributed by atoms with van der Waals surface area (Å²) in [5, 5.41) is 12.4. The van der Waals surface area contributed by atoms with Gasteiger partial charge < -0.3 is 21.9 Å². The molecule has 6 N–H and O–H groups in total. The van der Waals surface area contributed by atoms with Crippen LogP contribution in [0.15, 0.2) is 42.5 Å². The number of anilines is 2. The molecule has 1 amide bonds. The van der Waals surface area contributed by atoms with Crippen LogP contribution in [-0.4, -0.2) is 17.6 Å². The van der Waals surface area contributed by atoms with Crippen LogP contribution in [-0.2, 0) is 6.42 Å². The second kappa shape index (κ2) is 5.97. The summed E-state index contributed by atoms with van der Waals surface area (Å²) in [6.07, 6.45) is 0.778. The van der Waals surface area contributed by atoms with Crippen LogP contribution in [0.2, 0.25) is 0 Å². The second-order valence-electron chi connectivity index (χ2n) is 4.51. The van der Waals surface area contributed by atoms with Gasteiger partial charge >= 0.3 is 0 Å². The molecule has 104 valence electrons. The van der Waals surface area contributed by atoms with Crippen molar-refractivity contribution in [1.29, 1.82) is 0 Å². The molecule has 0 saturated carbocycles. The van der Waals surface area contributed by atoms with Gasteiger partial charge in [-0.25, -0.2) is 0 Å². The lowest BCUT2D eigenvalue weighted by atomic mass is 10.1. The SMILES string of the molecule is NC(=O)c1ccc(N)c(NCCc2ccc(O)cc2)c1. The number of rotatable bonds is 5. The summed E-state index contributed by atoms with van der Waals surface area (Å²) in [4.78, 5) is 11.1. The highest BCUT2D eigenvalue weighted by Crippen LogP contribution is 2.20. The maximum absolute atomic E-state index is 11.1. The fraction of sp³-hybridized carbons (Fsp3) is 0.133. The van der Waals surface area contributed by atoms with Crippen LogP contribution in [0.4, 0.5) is 11.4 Å². The quantitative estimate of drug-likeness (QED) is 0.622. The zero-order chi connectivity index (χ0) is 14.5. The van der Waals surface area contributed by atoms with Gasteiger partial charge in [0.15, 0.2) is 0 Å². The smallest absolute Gasteiger partial charge is 0.248 e. The molecular formula is C15H17N3O2. The number of nitrogens with one attached hydrogen (secondary N) is 1. The molecule has 20 heavy (non-hydrogen) atoms. The Kier molecular flexibility index (Phi) is 4.10. The lowest BCUT2D eigenvalue weighted by molar-refractivity contribution is 0.100. The van der Waals surface area contributed by atoms with Gasteiger partial charge in [0.25, 0.3) is 0 Å². The van der Waals surface area contributed by atoms with Crippen molar-refractivity contribution in [2.75, 3.05) is 17.6 Å². The van der Waals surface area contributed by atoms with Crippen molar-refractivity contribution in [3.05, 3.63) is 53.6 Å². The van der Waals surface area contributed by atoms with Crippen molar-refractivity contribution in [3.8, 4) is 5.75 Å². The van der Waals surface area contributed by atoms with Crippen LogP contribution in [0, 0.1) is 0 Å². The Morgan fingerprint density at radius 1 is 1.15 bits per heavy atom. The summed E-state index contributed by atoms with van der Waals surface area (Å²) in [5.74, 6) is -0.230. The molecule has 0 bridgehead atoms. The lowest BCUT2D eigenvalue weighted by Gasteiger charge is -2.10. The van der Waals surface area contributed by atoms with E-state index in [-0.39, 0.29) is 5.75 Å². The fourth-order valence-corrected chi connectivity index (χ4v) is 1.87. The number of hydrogen-bond donors (Lipinski definition) is 4. The molecule has 0 aliphatic carbocycles. The van der Waals surface area contributed by atoms with Gasteiger partial charge in [0.1, 0.15) is 5.75 Å². The summed E-state index contributed by atoms with van der Waals surface area (Å²) in [6.45, 7) is 0.664. The van der Waals surface area contributed by atoms with Crippen molar-refractivity contribution < 1.29 is 9.90 Å². The van der Waals surface area contributed by atoms with Crippen molar-refractivity contribution in [3.63, 3.8) is 0 Å². The molecule has 0 spiro atoms. The molecular weight excluding hydrogens is 254 g/mol. The molecule has 0 saturated heterocycles.